The summed E-state index contributed by atoms with van der Waals surface area (Å²) < 4.78 is 0. The van der Waals surface area contributed by atoms with Crippen LogP contribution in [0.15, 0.2) is 11.1 Å². The van der Waals surface area contributed by atoms with Gasteiger partial charge in [0.05, 0.1) is 6.10 Å². The topological polar surface area (TPSA) is 105 Å². The van der Waals surface area contributed by atoms with E-state index in [1.807, 2.05) is 11.1 Å². The van der Waals surface area contributed by atoms with Gasteiger partial charge in [0, 0.05) is 38.0 Å². The summed E-state index contributed by atoms with van der Waals surface area (Å²) in [5, 5.41) is 16.6. The molecular weight excluding hydrogens is 687 g/mol. The Morgan fingerprint density at radius 2 is 1.44 bits per heavy atom. The molecule has 3 heterocycles. The minimum Gasteiger partial charge on any atom is -0.393 e. The van der Waals surface area contributed by atoms with Crippen LogP contribution in [0.2, 0.25) is 0 Å². The molecule has 3 amide bonds. The molecule has 4 atom stereocenters. The molecule has 7 rings (SSSR count). The van der Waals surface area contributed by atoms with Crippen LogP contribution in [0.25, 0.3) is 0 Å². The van der Waals surface area contributed by atoms with Gasteiger partial charge in [-0.3, -0.25) is 19.7 Å². The fraction of sp³-hybridized carbons (Fsp3) is 0.891. The lowest BCUT2D eigenvalue weighted by molar-refractivity contribution is -0.144. The molecule has 4 unspecified atom stereocenters. The van der Waals surface area contributed by atoms with Crippen molar-refractivity contribution in [3.63, 3.8) is 0 Å². The first-order chi connectivity index (χ1) is 26.9. The minimum atomic E-state index is -0.471. The van der Waals surface area contributed by atoms with Crippen LogP contribution in [-0.4, -0.2) is 108 Å². The predicted octanol–water partition coefficient (Wildman–Crippen LogP) is 6.83. The number of nitrogens with one attached hydrogen (secondary N) is 2. The zero-order valence-corrected chi connectivity index (χ0v) is 34.6. The molecule has 0 aromatic rings. The molecule has 3 aliphatic heterocycles. The van der Waals surface area contributed by atoms with Crippen molar-refractivity contribution in [2.75, 3.05) is 52.4 Å². The third kappa shape index (κ3) is 10.8. The smallest absolute Gasteiger partial charge is 0.249 e. The highest BCUT2D eigenvalue weighted by Crippen LogP contribution is 2.47. The highest BCUT2D eigenvalue weighted by atomic mass is 16.3. The van der Waals surface area contributed by atoms with Crippen molar-refractivity contribution in [3.05, 3.63) is 11.1 Å². The molecule has 0 radical (unpaired) electrons. The van der Waals surface area contributed by atoms with Gasteiger partial charge in [0.15, 0.2) is 0 Å². The van der Waals surface area contributed by atoms with Crippen LogP contribution in [0.5, 0.6) is 0 Å². The molecular formula is C46H77N5O4. The number of aliphatic hydroxyl groups excluding tert-OH is 1. The maximum atomic E-state index is 13.2. The zero-order chi connectivity index (χ0) is 38.1. The van der Waals surface area contributed by atoms with Crippen LogP contribution in [0.4, 0.5) is 0 Å². The van der Waals surface area contributed by atoms with E-state index >= 15 is 0 Å². The van der Waals surface area contributed by atoms with Crippen molar-refractivity contribution >= 4 is 17.7 Å². The fourth-order valence-corrected chi connectivity index (χ4v) is 12.7. The van der Waals surface area contributed by atoms with Crippen molar-refractivity contribution in [2.45, 2.75) is 173 Å². The van der Waals surface area contributed by atoms with E-state index in [4.69, 9.17) is 0 Å². The van der Waals surface area contributed by atoms with Crippen LogP contribution in [0.3, 0.4) is 0 Å². The first-order valence-electron chi connectivity index (χ1n) is 23.6. The summed E-state index contributed by atoms with van der Waals surface area (Å²) in [5.74, 6) is 3.28. The summed E-state index contributed by atoms with van der Waals surface area (Å²) in [4.78, 5) is 44.4. The van der Waals surface area contributed by atoms with Gasteiger partial charge in [-0.15, -0.1) is 0 Å². The summed E-state index contributed by atoms with van der Waals surface area (Å²) in [7, 11) is 0. The van der Waals surface area contributed by atoms with Crippen LogP contribution in [-0.2, 0) is 14.4 Å². The molecule has 4 aliphatic carbocycles. The second kappa shape index (κ2) is 20.2. The van der Waals surface area contributed by atoms with Crippen LogP contribution >= 0.6 is 0 Å². The number of piperidine rings is 1. The van der Waals surface area contributed by atoms with Crippen LogP contribution in [0.1, 0.15) is 155 Å². The highest BCUT2D eigenvalue weighted by Gasteiger charge is 2.48. The van der Waals surface area contributed by atoms with Gasteiger partial charge in [-0.2, -0.15) is 0 Å². The van der Waals surface area contributed by atoms with E-state index in [-0.39, 0.29) is 29.7 Å². The number of aliphatic hydroxyl groups is 1. The zero-order valence-electron chi connectivity index (χ0n) is 34.6. The molecule has 7 aliphatic rings. The molecule has 0 spiro atoms. The summed E-state index contributed by atoms with van der Waals surface area (Å²) in [6.45, 7) is 11.4. The summed E-state index contributed by atoms with van der Waals surface area (Å²) in [6, 6.07) is -0.0205. The van der Waals surface area contributed by atoms with Crippen molar-refractivity contribution in [1.82, 2.24) is 25.3 Å². The van der Waals surface area contributed by atoms with E-state index in [2.05, 4.69) is 27.4 Å². The van der Waals surface area contributed by atoms with Gasteiger partial charge in [-0.05, 0) is 184 Å². The molecule has 7 fully saturated rings. The van der Waals surface area contributed by atoms with Gasteiger partial charge >= 0.3 is 0 Å². The molecule has 9 nitrogen and oxygen atoms in total. The van der Waals surface area contributed by atoms with Crippen molar-refractivity contribution in [3.8, 4) is 0 Å². The number of carbonyl (C=O) groups is 3. The van der Waals surface area contributed by atoms with E-state index in [9.17, 15) is 19.5 Å². The number of fused-ring (bicyclic) bond motifs is 1. The third-order valence-electron chi connectivity index (χ3n) is 15.7. The fourth-order valence-electron chi connectivity index (χ4n) is 12.7. The Bertz CT molecular complexity index is 1300. The van der Waals surface area contributed by atoms with Gasteiger partial charge in [0.25, 0.3) is 0 Å². The molecule has 0 aromatic heterocycles. The Kier molecular flexibility index (Phi) is 15.2. The van der Waals surface area contributed by atoms with Crippen LogP contribution in [0, 0.1) is 35.5 Å². The lowest BCUT2D eigenvalue weighted by atomic mass is 9.66. The Morgan fingerprint density at radius 3 is 2.13 bits per heavy atom. The molecule has 55 heavy (non-hydrogen) atoms. The molecule has 3 N–H and O–H groups in total. The van der Waals surface area contributed by atoms with E-state index < -0.39 is 6.04 Å². The number of nitrogens with zero attached hydrogens (tertiary/aromatic N) is 3. The van der Waals surface area contributed by atoms with Gasteiger partial charge in [-0.1, -0.05) is 37.3 Å². The van der Waals surface area contributed by atoms with Crippen molar-refractivity contribution in [1.29, 1.82) is 0 Å². The number of imide groups is 1. The quantitative estimate of drug-likeness (QED) is 0.101. The largest absolute Gasteiger partial charge is 0.393 e. The first-order valence-corrected chi connectivity index (χ1v) is 23.6. The number of hydrogen-bond donors (Lipinski definition) is 3. The average molecular weight is 764 g/mol. The predicted molar refractivity (Wildman–Crippen MR) is 219 cm³/mol. The maximum Gasteiger partial charge on any atom is 0.249 e. The van der Waals surface area contributed by atoms with Crippen molar-refractivity contribution < 1.29 is 19.5 Å². The molecule has 4 saturated carbocycles. The van der Waals surface area contributed by atoms with E-state index in [0.29, 0.717) is 31.3 Å². The number of allylic oxidation sites excluding steroid dienone is 2. The average Bonchev–Trinajstić information content (AvgIpc) is 3.35. The van der Waals surface area contributed by atoms with Gasteiger partial charge in [0.2, 0.25) is 17.7 Å². The van der Waals surface area contributed by atoms with Gasteiger partial charge < -0.3 is 25.1 Å². The molecule has 9 heteroatoms. The maximum absolute atomic E-state index is 13.2. The minimum absolute atomic E-state index is 0.0437. The summed E-state index contributed by atoms with van der Waals surface area (Å²) >= 11 is 0. The number of hydrogen-bond acceptors (Lipinski definition) is 7. The Balaban J connectivity index is 0.776. The van der Waals surface area contributed by atoms with Gasteiger partial charge in [-0.25, -0.2) is 0 Å². The lowest BCUT2D eigenvalue weighted by Crippen LogP contribution is -2.53. The van der Waals surface area contributed by atoms with Crippen LogP contribution < -0.4 is 10.6 Å². The lowest BCUT2D eigenvalue weighted by Gasteiger charge is -2.39. The van der Waals surface area contributed by atoms with Gasteiger partial charge in [0.1, 0.15) is 6.04 Å². The highest BCUT2D eigenvalue weighted by molar-refractivity contribution is 6.02. The first kappa shape index (κ1) is 41.4. The van der Waals surface area contributed by atoms with E-state index in [1.165, 1.54) is 129 Å². The molecule has 0 bridgehead atoms. The summed E-state index contributed by atoms with van der Waals surface area (Å²) in [5.41, 5.74) is 3.79. The standard InChI is InChI=1S/C46H77N5O4/c1-2-40(34-10-4-3-5-11-34)44(36-16-19-39(52)20-17-36)35-14-12-33(13-15-35)9-6-25-49-27-8-28-50(30-29-49)26-7-24-47-38-18-21-41-37(31-38)32-51(46(41)55)42-22-23-43(53)48-45(42)54/h33-39,41-42,47,52H,2-32H2,1H3,(H,48,53,54)/b44-40+. The molecule has 0 aromatic carbocycles. The van der Waals surface area contributed by atoms with Crippen molar-refractivity contribution in [2.24, 2.45) is 35.5 Å². The third-order valence-corrected chi connectivity index (χ3v) is 15.7. The number of likely N-dealkylation sites (tertiary alicyclic amines) is 1. The monoisotopic (exact) mass is 764 g/mol. The number of carbonyl (C=O) groups excluding carboxylic acids is 3. The summed E-state index contributed by atoms with van der Waals surface area (Å²) in [6.07, 6.45) is 27.4. The Labute approximate surface area is 333 Å². The normalized spacial score (nSPS) is 35.3. The Hall–Kier alpha value is -1.81. The molecule has 310 valence electrons. The van der Waals surface area contributed by atoms with E-state index in [0.717, 1.165) is 75.3 Å². The van der Waals surface area contributed by atoms with E-state index in [1.54, 1.807) is 4.90 Å². The Morgan fingerprint density at radius 1 is 0.745 bits per heavy atom. The second-order valence-corrected chi connectivity index (χ2v) is 19.2. The molecule has 3 saturated heterocycles. The number of rotatable bonds is 14. The SMILES string of the molecule is CC/C(=C(\C1CCC(O)CC1)C1CCC(CCCN2CCCN(CCCNC3CCC4C(=O)N(C5CCC(=O)NC5=O)CC4C3)CC2)CC1)C1CCCCC1. The second-order valence-electron chi connectivity index (χ2n) is 19.2. The number of amides is 3.